The molecule has 4 rings (SSSR count). The molecule has 0 unspecified atom stereocenters. The SMILES string of the molecule is NS(=O)(=O)c1ccc(C(=O)N2C[C@@H]3CN(C=COc4ccc(OC(F)(F)F)cc4)C[C@@]3(F)C2)c(F)c1. The second kappa shape index (κ2) is 9.24. The highest BCUT2D eigenvalue weighted by Crippen LogP contribution is 2.39. The van der Waals surface area contributed by atoms with Crippen molar-refractivity contribution in [2.75, 3.05) is 26.2 Å². The van der Waals surface area contributed by atoms with E-state index in [1.165, 1.54) is 29.5 Å². The Morgan fingerprint density at radius 2 is 1.75 bits per heavy atom. The minimum Gasteiger partial charge on any atom is -0.463 e. The summed E-state index contributed by atoms with van der Waals surface area (Å²) in [6.07, 6.45) is -2.06. The van der Waals surface area contributed by atoms with Crippen LogP contribution in [0.2, 0.25) is 0 Å². The molecule has 2 saturated heterocycles. The molecule has 0 radical (unpaired) electrons. The average Bonchev–Trinajstić information content (AvgIpc) is 3.24. The van der Waals surface area contributed by atoms with Crippen molar-refractivity contribution in [2.24, 2.45) is 11.1 Å². The standard InChI is InChI=1S/C22H20F5N3O5S/c23-19-9-17(36(28,32)33)5-6-18(19)20(31)30-11-14-10-29(12-21(14,24)13-30)7-8-34-15-1-3-16(4-2-15)35-22(25,26)27/h1-9,14H,10-13H2,(H2,28,32,33)/t14-,21+/m0/s1. The highest BCUT2D eigenvalue weighted by Gasteiger charge is 2.54. The van der Waals surface area contributed by atoms with Gasteiger partial charge >= 0.3 is 6.36 Å². The third-order valence-corrected chi connectivity index (χ3v) is 6.78. The van der Waals surface area contributed by atoms with Crippen LogP contribution in [-0.4, -0.2) is 62.3 Å². The number of benzene rings is 2. The van der Waals surface area contributed by atoms with E-state index < -0.39 is 50.3 Å². The molecule has 0 aromatic heterocycles. The number of nitrogens with two attached hydrogens (primary N) is 1. The molecule has 0 aliphatic carbocycles. The summed E-state index contributed by atoms with van der Waals surface area (Å²) in [7, 11) is -4.14. The zero-order chi connectivity index (χ0) is 26.3. The molecule has 2 atom stereocenters. The minimum absolute atomic E-state index is 0.0254. The van der Waals surface area contributed by atoms with Gasteiger partial charge in [-0.05, 0) is 42.5 Å². The van der Waals surface area contributed by atoms with Crippen molar-refractivity contribution in [1.29, 1.82) is 0 Å². The Balaban J connectivity index is 1.33. The molecule has 2 fully saturated rings. The highest BCUT2D eigenvalue weighted by atomic mass is 32.2. The monoisotopic (exact) mass is 533 g/mol. The first-order valence-electron chi connectivity index (χ1n) is 10.5. The fraction of sp³-hybridized carbons (Fsp3) is 0.318. The van der Waals surface area contributed by atoms with Gasteiger partial charge in [0.05, 0.1) is 23.5 Å². The van der Waals surface area contributed by atoms with Gasteiger partial charge in [0.15, 0.2) is 5.67 Å². The van der Waals surface area contributed by atoms with Crippen LogP contribution in [0.15, 0.2) is 59.8 Å². The maximum atomic E-state index is 15.5. The van der Waals surface area contributed by atoms with E-state index >= 15 is 4.39 Å². The van der Waals surface area contributed by atoms with E-state index in [2.05, 4.69) is 4.74 Å². The summed E-state index contributed by atoms with van der Waals surface area (Å²) in [5.41, 5.74) is -2.14. The number of carbonyl (C=O) groups is 1. The number of fused-ring (bicyclic) bond motifs is 1. The van der Waals surface area contributed by atoms with Gasteiger partial charge in [-0.1, -0.05) is 0 Å². The van der Waals surface area contributed by atoms with Crippen LogP contribution in [0.25, 0.3) is 0 Å². The number of hydrogen-bond acceptors (Lipinski definition) is 6. The van der Waals surface area contributed by atoms with E-state index in [0.717, 1.165) is 24.3 Å². The molecule has 2 aromatic rings. The summed E-state index contributed by atoms with van der Waals surface area (Å²) in [5, 5.41) is 4.96. The van der Waals surface area contributed by atoms with E-state index in [1.807, 2.05) is 0 Å². The lowest BCUT2D eigenvalue weighted by atomic mass is 9.97. The van der Waals surface area contributed by atoms with Gasteiger partial charge in [0.1, 0.15) is 23.6 Å². The molecule has 1 amide bonds. The number of ether oxygens (including phenoxy) is 2. The molecule has 2 aliphatic heterocycles. The van der Waals surface area contributed by atoms with Gasteiger partial charge in [-0.15, -0.1) is 13.2 Å². The van der Waals surface area contributed by atoms with Crippen molar-refractivity contribution >= 4 is 15.9 Å². The molecule has 0 spiro atoms. The second-order valence-corrected chi connectivity index (χ2v) is 10.0. The van der Waals surface area contributed by atoms with Gasteiger partial charge in [-0.25, -0.2) is 22.3 Å². The van der Waals surface area contributed by atoms with E-state index in [0.29, 0.717) is 6.07 Å². The van der Waals surface area contributed by atoms with Gasteiger partial charge < -0.3 is 19.3 Å². The van der Waals surface area contributed by atoms with E-state index in [-0.39, 0.29) is 37.5 Å². The van der Waals surface area contributed by atoms with Crippen LogP contribution in [0.3, 0.4) is 0 Å². The van der Waals surface area contributed by atoms with Crippen LogP contribution in [0, 0.1) is 11.7 Å². The predicted molar refractivity (Wildman–Crippen MR) is 115 cm³/mol. The number of likely N-dealkylation sites (tertiary alicyclic amines) is 2. The van der Waals surface area contributed by atoms with Crippen LogP contribution in [0.5, 0.6) is 11.5 Å². The highest BCUT2D eigenvalue weighted by molar-refractivity contribution is 7.89. The number of carbonyl (C=O) groups excluding carboxylic acids is 1. The molecular formula is C22H20F5N3O5S. The van der Waals surface area contributed by atoms with Crippen molar-refractivity contribution in [3.05, 3.63) is 66.3 Å². The number of rotatable bonds is 6. The van der Waals surface area contributed by atoms with Gasteiger partial charge in [-0.3, -0.25) is 4.79 Å². The molecule has 2 aliphatic rings. The molecule has 194 valence electrons. The Bertz CT molecular complexity index is 1290. The van der Waals surface area contributed by atoms with Crippen LogP contribution >= 0.6 is 0 Å². The maximum Gasteiger partial charge on any atom is 0.573 e. The molecule has 2 heterocycles. The van der Waals surface area contributed by atoms with Crippen molar-refractivity contribution < 1.29 is 44.6 Å². The van der Waals surface area contributed by atoms with E-state index in [4.69, 9.17) is 9.88 Å². The summed E-state index contributed by atoms with van der Waals surface area (Å²) >= 11 is 0. The fourth-order valence-corrected chi connectivity index (χ4v) is 4.75. The lowest BCUT2D eigenvalue weighted by Gasteiger charge is -2.22. The minimum atomic E-state index is -4.80. The topological polar surface area (TPSA) is 102 Å². The average molecular weight is 533 g/mol. The Kier molecular flexibility index (Phi) is 6.60. The first-order valence-corrected chi connectivity index (χ1v) is 12.0. The number of nitrogens with zero attached hydrogens (tertiary/aromatic N) is 2. The Labute approximate surface area is 202 Å². The van der Waals surface area contributed by atoms with Crippen LogP contribution < -0.4 is 14.6 Å². The summed E-state index contributed by atoms with van der Waals surface area (Å²) in [4.78, 5) is 15.1. The van der Waals surface area contributed by atoms with Crippen LogP contribution in [0.1, 0.15) is 10.4 Å². The number of primary sulfonamides is 1. The van der Waals surface area contributed by atoms with Gasteiger partial charge in [0.25, 0.3) is 5.91 Å². The largest absolute Gasteiger partial charge is 0.573 e. The van der Waals surface area contributed by atoms with Crippen molar-refractivity contribution in [3.8, 4) is 11.5 Å². The lowest BCUT2D eigenvalue weighted by molar-refractivity contribution is -0.274. The number of hydrogen-bond donors (Lipinski definition) is 1. The number of sulfonamides is 1. The molecule has 2 N–H and O–H groups in total. The Morgan fingerprint density at radius 3 is 2.33 bits per heavy atom. The van der Waals surface area contributed by atoms with Crippen LogP contribution in [-0.2, 0) is 10.0 Å². The predicted octanol–water partition coefficient (Wildman–Crippen LogP) is 3.02. The maximum absolute atomic E-state index is 15.5. The molecule has 14 heteroatoms. The molecule has 8 nitrogen and oxygen atoms in total. The first-order chi connectivity index (χ1) is 16.7. The zero-order valence-corrected chi connectivity index (χ0v) is 19.2. The summed E-state index contributed by atoms with van der Waals surface area (Å²) < 4.78 is 98.3. The molecule has 2 aromatic carbocycles. The zero-order valence-electron chi connectivity index (χ0n) is 18.4. The second-order valence-electron chi connectivity index (χ2n) is 8.46. The third kappa shape index (κ3) is 5.70. The van der Waals surface area contributed by atoms with Crippen LogP contribution in [0.4, 0.5) is 22.0 Å². The quantitative estimate of drug-likeness (QED) is 0.453. The summed E-state index contributed by atoms with van der Waals surface area (Å²) in [6.45, 7) is -0.0752. The molecule has 0 saturated carbocycles. The summed E-state index contributed by atoms with van der Waals surface area (Å²) in [6, 6.07) is 7.39. The third-order valence-electron chi connectivity index (χ3n) is 5.87. The number of alkyl halides is 4. The first kappa shape index (κ1) is 25.7. The Hall–Kier alpha value is -3.39. The molecule has 36 heavy (non-hydrogen) atoms. The van der Waals surface area contributed by atoms with Crippen molar-refractivity contribution in [3.63, 3.8) is 0 Å². The smallest absolute Gasteiger partial charge is 0.463 e. The number of halogens is 5. The molecule has 0 bridgehead atoms. The Morgan fingerprint density at radius 1 is 1.08 bits per heavy atom. The van der Waals surface area contributed by atoms with Gasteiger partial charge in [0.2, 0.25) is 10.0 Å². The van der Waals surface area contributed by atoms with Crippen molar-refractivity contribution in [2.45, 2.75) is 16.9 Å². The van der Waals surface area contributed by atoms with Crippen molar-refractivity contribution in [1.82, 2.24) is 9.80 Å². The van der Waals surface area contributed by atoms with E-state index in [1.54, 1.807) is 4.90 Å². The number of amides is 1. The lowest BCUT2D eigenvalue weighted by Crippen LogP contribution is -2.37. The van der Waals surface area contributed by atoms with Gasteiger partial charge in [0, 0.05) is 25.2 Å². The molecular weight excluding hydrogens is 513 g/mol. The summed E-state index contributed by atoms with van der Waals surface area (Å²) in [5.74, 6) is -2.55. The normalized spacial score (nSPS) is 22.2. The van der Waals surface area contributed by atoms with E-state index in [9.17, 15) is 30.8 Å². The fourth-order valence-electron chi connectivity index (χ4n) is 4.23. The van der Waals surface area contributed by atoms with Gasteiger partial charge in [-0.2, -0.15) is 0 Å².